The van der Waals surface area contributed by atoms with Crippen molar-refractivity contribution < 1.29 is 4.79 Å². The van der Waals surface area contributed by atoms with Crippen LogP contribution in [0.3, 0.4) is 0 Å². The summed E-state index contributed by atoms with van der Waals surface area (Å²) in [6.07, 6.45) is 4.10. The fourth-order valence-corrected chi connectivity index (χ4v) is 4.56. The number of hydrogen-bond donors (Lipinski definition) is 1. The van der Waals surface area contributed by atoms with Gasteiger partial charge in [-0.25, -0.2) is 0 Å². The van der Waals surface area contributed by atoms with E-state index in [2.05, 4.69) is 58.5 Å². The lowest BCUT2D eigenvalue weighted by atomic mass is 9.97. The summed E-state index contributed by atoms with van der Waals surface area (Å²) in [6, 6.07) is 10.5. The number of carbonyl (C=O) groups excluding carboxylic acids is 1. The van der Waals surface area contributed by atoms with Crippen LogP contribution in [0.15, 0.2) is 30.3 Å². The minimum atomic E-state index is 0.0213. The molecule has 1 amide bonds. The first-order valence-electron chi connectivity index (χ1n) is 9.60. The average Bonchev–Trinajstić information content (AvgIpc) is 3.12. The predicted molar refractivity (Wildman–Crippen MR) is 106 cm³/mol. The molecule has 0 spiro atoms. The van der Waals surface area contributed by atoms with Crippen LogP contribution in [0.2, 0.25) is 0 Å². The number of benzene rings is 1. The van der Waals surface area contributed by atoms with Gasteiger partial charge in [0.1, 0.15) is 5.01 Å². The molecule has 0 saturated carbocycles. The number of carbonyl (C=O) groups is 1. The number of nitrogens with zero attached hydrogens (tertiary/aromatic N) is 3. The number of hydrogen-bond acceptors (Lipinski definition) is 5. The van der Waals surface area contributed by atoms with Crippen LogP contribution >= 0.6 is 11.3 Å². The highest BCUT2D eigenvalue weighted by atomic mass is 32.1. The molecule has 26 heavy (non-hydrogen) atoms. The van der Waals surface area contributed by atoms with Gasteiger partial charge in [-0.05, 0) is 37.8 Å². The molecule has 1 fully saturated rings. The van der Waals surface area contributed by atoms with Gasteiger partial charge in [0.15, 0.2) is 0 Å². The Hall–Kier alpha value is -1.79. The van der Waals surface area contributed by atoms with Gasteiger partial charge in [-0.1, -0.05) is 55.5 Å². The van der Waals surface area contributed by atoms with Crippen molar-refractivity contribution in [2.24, 2.45) is 5.92 Å². The molecule has 2 aromatic rings. The Labute approximate surface area is 159 Å². The normalized spacial score (nSPS) is 18.2. The molecule has 6 heteroatoms. The highest BCUT2D eigenvalue weighted by molar-refractivity contribution is 7.15. The van der Waals surface area contributed by atoms with Crippen LogP contribution in [0.25, 0.3) is 0 Å². The molecule has 3 rings (SSSR count). The number of rotatable bonds is 7. The lowest BCUT2D eigenvalue weighted by Gasteiger charge is -2.31. The standard InChI is InChI=1S/C20H28N4OS/c1-3-16(4-2)19-22-23-20(26-19)21-18(25)17-11-8-12-24(14-17)13-15-9-6-5-7-10-15/h5-7,9-10,16-17H,3-4,8,11-14H2,1-2H3,(H,21,23,25). The summed E-state index contributed by atoms with van der Waals surface area (Å²) in [5.74, 6) is 0.539. The van der Waals surface area contributed by atoms with E-state index >= 15 is 0 Å². The summed E-state index contributed by atoms with van der Waals surface area (Å²) in [5.41, 5.74) is 1.30. The molecular formula is C20H28N4OS. The zero-order valence-electron chi connectivity index (χ0n) is 15.6. The van der Waals surface area contributed by atoms with E-state index in [1.54, 1.807) is 0 Å². The third-order valence-electron chi connectivity index (χ3n) is 5.13. The fourth-order valence-electron chi connectivity index (χ4n) is 3.55. The van der Waals surface area contributed by atoms with Crippen molar-refractivity contribution in [1.29, 1.82) is 0 Å². The summed E-state index contributed by atoms with van der Waals surface area (Å²) in [7, 11) is 0. The van der Waals surface area contributed by atoms with Gasteiger partial charge in [0.05, 0.1) is 5.92 Å². The highest BCUT2D eigenvalue weighted by Gasteiger charge is 2.26. The van der Waals surface area contributed by atoms with E-state index in [1.165, 1.54) is 16.9 Å². The molecule has 5 nitrogen and oxygen atoms in total. The second kappa shape index (κ2) is 9.24. The van der Waals surface area contributed by atoms with E-state index in [1.807, 2.05) is 6.07 Å². The van der Waals surface area contributed by atoms with E-state index in [9.17, 15) is 4.79 Å². The van der Waals surface area contributed by atoms with E-state index in [-0.39, 0.29) is 11.8 Å². The number of piperidine rings is 1. The Morgan fingerprint density at radius 2 is 2.04 bits per heavy atom. The third-order valence-corrected chi connectivity index (χ3v) is 6.13. The summed E-state index contributed by atoms with van der Waals surface area (Å²) in [6.45, 7) is 7.09. The van der Waals surface area contributed by atoms with Crippen molar-refractivity contribution >= 4 is 22.4 Å². The van der Waals surface area contributed by atoms with Gasteiger partial charge in [0.25, 0.3) is 0 Å². The third kappa shape index (κ3) is 4.89. The first-order chi connectivity index (χ1) is 12.7. The van der Waals surface area contributed by atoms with E-state index in [0.717, 1.165) is 50.3 Å². The first kappa shape index (κ1) is 19.0. The van der Waals surface area contributed by atoms with Crippen LogP contribution in [0.5, 0.6) is 0 Å². The van der Waals surface area contributed by atoms with Gasteiger partial charge >= 0.3 is 0 Å². The van der Waals surface area contributed by atoms with Gasteiger partial charge in [-0.2, -0.15) is 0 Å². The largest absolute Gasteiger partial charge is 0.300 e. The van der Waals surface area contributed by atoms with Gasteiger partial charge < -0.3 is 5.32 Å². The van der Waals surface area contributed by atoms with E-state index in [4.69, 9.17) is 0 Å². The van der Waals surface area contributed by atoms with Crippen LogP contribution < -0.4 is 5.32 Å². The van der Waals surface area contributed by atoms with Crippen LogP contribution in [0, 0.1) is 5.92 Å². The number of aromatic nitrogens is 2. The molecule has 1 aliphatic rings. The number of amides is 1. The number of likely N-dealkylation sites (tertiary alicyclic amines) is 1. The monoisotopic (exact) mass is 372 g/mol. The molecule has 1 aliphatic heterocycles. The van der Waals surface area contributed by atoms with Crippen molar-refractivity contribution in [2.75, 3.05) is 18.4 Å². The smallest absolute Gasteiger partial charge is 0.230 e. The van der Waals surface area contributed by atoms with Gasteiger partial charge in [-0.15, -0.1) is 10.2 Å². The van der Waals surface area contributed by atoms with E-state index in [0.29, 0.717) is 11.0 Å². The summed E-state index contributed by atoms with van der Waals surface area (Å²) < 4.78 is 0. The number of anilines is 1. The molecule has 1 aromatic carbocycles. The predicted octanol–water partition coefficient (Wildman–Crippen LogP) is 4.29. The maximum atomic E-state index is 12.7. The van der Waals surface area contributed by atoms with Crippen LogP contribution in [-0.4, -0.2) is 34.1 Å². The fraction of sp³-hybridized carbons (Fsp3) is 0.550. The zero-order chi connectivity index (χ0) is 18.4. The quantitative estimate of drug-likeness (QED) is 0.787. The molecule has 0 radical (unpaired) electrons. The minimum Gasteiger partial charge on any atom is -0.300 e. The molecule has 2 heterocycles. The van der Waals surface area contributed by atoms with Crippen molar-refractivity contribution in [1.82, 2.24) is 15.1 Å². The van der Waals surface area contributed by atoms with E-state index < -0.39 is 0 Å². The molecule has 1 aromatic heterocycles. The van der Waals surface area contributed by atoms with Gasteiger partial charge in [-0.3, -0.25) is 9.69 Å². The molecule has 1 unspecified atom stereocenters. The molecule has 1 saturated heterocycles. The summed E-state index contributed by atoms with van der Waals surface area (Å²) in [5, 5.41) is 13.1. The maximum absolute atomic E-state index is 12.7. The van der Waals surface area contributed by atoms with Crippen molar-refractivity contribution in [3.8, 4) is 0 Å². The molecule has 140 valence electrons. The maximum Gasteiger partial charge on any atom is 0.230 e. The zero-order valence-corrected chi connectivity index (χ0v) is 16.5. The lowest BCUT2D eigenvalue weighted by Crippen LogP contribution is -2.40. The summed E-state index contributed by atoms with van der Waals surface area (Å²) >= 11 is 1.52. The van der Waals surface area contributed by atoms with Crippen molar-refractivity contribution in [2.45, 2.75) is 52.0 Å². The van der Waals surface area contributed by atoms with Crippen LogP contribution in [-0.2, 0) is 11.3 Å². The SMILES string of the molecule is CCC(CC)c1nnc(NC(=O)C2CCCN(Cc3ccccc3)C2)s1. The Balaban J connectivity index is 1.56. The Morgan fingerprint density at radius 1 is 1.27 bits per heavy atom. The second-order valence-corrected chi connectivity index (χ2v) is 8.02. The molecule has 0 bridgehead atoms. The average molecular weight is 373 g/mol. The Morgan fingerprint density at radius 3 is 2.77 bits per heavy atom. The first-order valence-corrected chi connectivity index (χ1v) is 10.4. The Bertz CT molecular complexity index is 699. The molecule has 0 aliphatic carbocycles. The van der Waals surface area contributed by atoms with Crippen molar-refractivity contribution in [3.63, 3.8) is 0 Å². The lowest BCUT2D eigenvalue weighted by molar-refractivity contribution is -0.121. The number of nitrogens with one attached hydrogen (secondary N) is 1. The van der Waals surface area contributed by atoms with Gasteiger partial charge in [0.2, 0.25) is 11.0 Å². The highest BCUT2D eigenvalue weighted by Crippen LogP contribution is 2.28. The molecule has 1 atom stereocenters. The second-order valence-electron chi connectivity index (χ2n) is 7.01. The van der Waals surface area contributed by atoms with Crippen molar-refractivity contribution in [3.05, 3.63) is 40.9 Å². The molecule has 1 N–H and O–H groups in total. The Kier molecular flexibility index (Phi) is 6.74. The van der Waals surface area contributed by atoms with Gasteiger partial charge in [0, 0.05) is 19.0 Å². The van der Waals surface area contributed by atoms with Crippen LogP contribution in [0.1, 0.15) is 56.0 Å². The topological polar surface area (TPSA) is 58.1 Å². The molecular weight excluding hydrogens is 344 g/mol. The minimum absolute atomic E-state index is 0.0213. The summed E-state index contributed by atoms with van der Waals surface area (Å²) in [4.78, 5) is 15.1. The van der Waals surface area contributed by atoms with Crippen LogP contribution in [0.4, 0.5) is 5.13 Å².